The van der Waals surface area contributed by atoms with Gasteiger partial charge in [-0.25, -0.2) is 0 Å². The molecule has 0 heterocycles. The lowest BCUT2D eigenvalue weighted by molar-refractivity contribution is -0.00000667. The SMILES string of the molecule is CCCCCCCCCC[P+](CCCC)(CCCC)CCCCCCCCCC.[Br-]. The van der Waals surface area contributed by atoms with Gasteiger partial charge >= 0.3 is 0 Å². The summed E-state index contributed by atoms with van der Waals surface area (Å²) in [6.07, 6.45) is 36.0. The molecule has 0 aromatic heterocycles. The van der Waals surface area contributed by atoms with Crippen LogP contribution in [0, 0.1) is 0 Å². The minimum Gasteiger partial charge on any atom is -1.00 e. The van der Waals surface area contributed by atoms with E-state index in [2.05, 4.69) is 27.7 Å². The van der Waals surface area contributed by atoms with E-state index in [0.717, 1.165) is 0 Å². The first-order chi connectivity index (χ1) is 14.2. The number of hydrogen-bond donors (Lipinski definition) is 0. The van der Waals surface area contributed by atoms with Gasteiger partial charge in [0.1, 0.15) is 0 Å². The average Bonchev–Trinajstić information content (AvgIpc) is 2.74. The van der Waals surface area contributed by atoms with E-state index in [4.69, 9.17) is 0 Å². The summed E-state index contributed by atoms with van der Waals surface area (Å²) >= 11 is 0. The Hall–Kier alpha value is 0.910. The zero-order valence-corrected chi connectivity index (χ0v) is 24.3. The van der Waals surface area contributed by atoms with Crippen LogP contribution in [-0.4, -0.2) is 24.6 Å². The summed E-state index contributed by atoms with van der Waals surface area (Å²) < 4.78 is 0. The Morgan fingerprint density at radius 3 is 0.833 bits per heavy atom. The molecule has 0 bridgehead atoms. The summed E-state index contributed by atoms with van der Waals surface area (Å²) in [6.45, 7) is 9.45. The van der Waals surface area contributed by atoms with Crippen molar-refractivity contribution in [2.45, 2.75) is 156 Å². The topological polar surface area (TPSA) is 0 Å². The number of unbranched alkanes of at least 4 members (excludes halogenated alkanes) is 16. The monoisotopic (exact) mass is 506 g/mol. The lowest BCUT2D eigenvalue weighted by atomic mass is 10.1. The van der Waals surface area contributed by atoms with Crippen molar-refractivity contribution >= 4 is 7.26 Å². The maximum absolute atomic E-state index is 2.40. The van der Waals surface area contributed by atoms with E-state index < -0.39 is 7.26 Å². The lowest BCUT2D eigenvalue weighted by Gasteiger charge is -2.28. The molecule has 0 spiro atoms. The third-order valence-corrected chi connectivity index (χ3v) is 12.0. The minimum atomic E-state index is -0.662. The highest BCUT2D eigenvalue weighted by molar-refractivity contribution is 7.75. The van der Waals surface area contributed by atoms with E-state index in [1.54, 1.807) is 37.5 Å². The summed E-state index contributed by atoms with van der Waals surface area (Å²) in [5.74, 6) is 0. The van der Waals surface area contributed by atoms with Gasteiger partial charge in [0.05, 0.1) is 24.6 Å². The Morgan fingerprint density at radius 1 is 0.300 bits per heavy atom. The molecular weight excluding hydrogens is 447 g/mol. The molecule has 184 valence electrons. The van der Waals surface area contributed by atoms with Crippen LogP contribution in [0.15, 0.2) is 0 Å². The molecule has 0 aromatic rings. The molecule has 0 atom stereocenters. The van der Waals surface area contributed by atoms with Crippen LogP contribution in [-0.2, 0) is 0 Å². The molecule has 0 radical (unpaired) electrons. The predicted molar refractivity (Wildman–Crippen MR) is 141 cm³/mol. The van der Waals surface area contributed by atoms with Gasteiger partial charge in [-0.05, 0) is 38.5 Å². The molecule has 0 saturated heterocycles. The normalized spacial score (nSPS) is 11.6. The second-order valence-electron chi connectivity index (χ2n) is 9.89. The molecule has 0 fully saturated rings. The number of halogens is 1. The Morgan fingerprint density at radius 2 is 0.533 bits per heavy atom. The van der Waals surface area contributed by atoms with Gasteiger partial charge in [0.2, 0.25) is 0 Å². The van der Waals surface area contributed by atoms with Crippen molar-refractivity contribution in [3.63, 3.8) is 0 Å². The molecule has 30 heavy (non-hydrogen) atoms. The summed E-state index contributed by atoms with van der Waals surface area (Å²) in [6, 6.07) is 0. The Kier molecular flexibility index (Phi) is 28.9. The van der Waals surface area contributed by atoms with Crippen molar-refractivity contribution < 1.29 is 17.0 Å². The Balaban J connectivity index is 0. The second-order valence-corrected chi connectivity index (χ2v) is 14.4. The fraction of sp³-hybridized carbons (Fsp3) is 1.00. The quantitative estimate of drug-likeness (QED) is 0.0920. The third-order valence-electron chi connectivity index (χ3n) is 6.94. The van der Waals surface area contributed by atoms with Gasteiger partial charge in [-0.15, -0.1) is 0 Å². The first-order valence-electron chi connectivity index (χ1n) is 14.1. The largest absolute Gasteiger partial charge is 1.00 e. The number of rotatable bonds is 24. The van der Waals surface area contributed by atoms with Crippen molar-refractivity contribution in [1.82, 2.24) is 0 Å². The first kappa shape index (κ1) is 33.1. The summed E-state index contributed by atoms with van der Waals surface area (Å²) in [4.78, 5) is 0. The van der Waals surface area contributed by atoms with Crippen LogP contribution >= 0.6 is 7.26 Å². The van der Waals surface area contributed by atoms with Crippen molar-refractivity contribution in [3.8, 4) is 0 Å². The van der Waals surface area contributed by atoms with Crippen LogP contribution in [0.3, 0.4) is 0 Å². The highest BCUT2D eigenvalue weighted by Gasteiger charge is 2.34. The molecule has 0 N–H and O–H groups in total. The molecule has 0 rings (SSSR count). The third kappa shape index (κ3) is 20.8. The average molecular weight is 508 g/mol. The lowest BCUT2D eigenvalue weighted by Crippen LogP contribution is -3.00. The summed E-state index contributed by atoms with van der Waals surface area (Å²) in [7, 11) is -0.662. The standard InChI is InChI=1S/C28H60P.BrH/c1-5-9-13-15-17-19-21-23-27-29(25-11-7-3,26-12-8-4)28-24-22-20-18-16-14-10-6-2;/h5-28H2,1-4H3;1H/q+1;/p-1. The smallest absolute Gasteiger partial charge is 0.0594 e. The summed E-state index contributed by atoms with van der Waals surface area (Å²) in [5, 5.41) is 0. The number of hydrogen-bond acceptors (Lipinski definition) is 0. The van der Waals surface area contributed by atoms with Crippen molar-refractivity contribution in [2.24, 2.45) is 0 Å². The Labute approximate surface area is 204 Å². The summed E-state index contributed by atoms with van der Waals surface area (Å²) in [5.41, 5.74) is 0. The van der Waals surface area contributed by atoms with Crippen LogP contribution < -0.4 is 17.0 Å². The van der Waals surface area contributed by atoms with Gasteiger partial charge < -0.3 is 17.0 Å². The highest BCUT2D eigenvalue weighted by atomic mass is 79.9. The predicted octanol–water partition coefficient (Wildman–Crippen LogP) is 7.89. The van der Waals surface area contributed by atoms with Crippen LogP contribution in [0.2, 0.25) is 0 Å². The molecule has 0 unspecified atom stereocenters. The van der Waals surface area contributed by atoms with E-state index in [9.17, 15) is 0 Å². The van der Waals surface area contributed by atoms with Gasteiger partial charge in [-0.3, -0.25) is 0 Å². The highest BCUT2D eigenvalue weighted by Crippen LogP contribution is 2.61. The minimum absolute atomic E-state index is 0. The molecular formula is C28H60BrP. The maximum Gasteiger partial charge on any atom is 0.0594 e. The molecule has 0 aromatic carbocycles. The second kappa shape index (κ2) is 26.2. The molecule has 0 aliphatic carbocycles. The zero-order chi connectivity index (χ0) is 21.5. The van der Waals surface area contributed by atoms with E-state index in [-0.39, 0.29) is 17.0 Å². The molecule has 0 saturated carbocycles. The fourth-order valence-corrected chi connectivity index (χ4v) is 9.92. The van der Waals surface area contributed by atoms with E-state index in [0.29, 0.717) is 0 Å². The van der Waals surface area contributed by atoms with Gasteiger partial charge in [0.25, 0.3) is 0 Å². The van der Waals surface area contributed by atoms with Gasteiger partial charge in [-0.1, -0.05) is 118 Å². The van der Waals surface area contributed by atoms with Gasteiger partial charge in [-0.2, -0.15) is 0 Å². The van der Waals surface area contributed by atoms with E-state index in [1.165, 1.54) is 116 Å². The molecule has 0 aliphatic heterocycles. The van der Waals surface area contributed by atoms with E-state index >= 15 is 0 Å². The fourth-order valence-electron chi connectivity index (χ4n) is 4.82. The zero-order valence-electron chi connectivity index (χ0n) is 21.8. The van der Waals surface area contributed by atoms with Crippen molar-refractivity contribution in [2.75, 3.05) is 24.6 Å². The van der Waals surface area contributed by atoms with Crippen LogP contribution in [0.5, 0.6) is 0 Å². The molecule has 2 heteroatoms. The van der Waals surface area contributed by atoms with Crippen LogP contribution in [0.4, 0.5) is 0 Å². The maximum atomic E-state index is 2.40. The van der Waals surface area contributed by atoms with Gasteiger partial charge in [0, 0.05) is 7.26 Å². The van der Waals surface area contributed by atoms with Crippen LogP contribution in [0.25, 0.3) is 0 Å². The first-order valence-corrected chi connectivity index (χ1v) is 16.6. The van der Waals surface area contributed by atoms with Crippen molar-refractivity contribution in [1.29, 1.82) is 0 Å². The molecule has 0 amide bonds. The molecule has 0 aliphatic rings. The van der Waals surface area contributed by atoms with Crippen LogP contribution in [0.1, 0.15) is 156 Å². The van der Waals surface area contributed by atoms with E-state index in [1.807, 2.05) is 0 Å². The van der Waals surface area contributed by atoms with Crippen molar-refractivity contribution in [3.05, 3.63) is 0 Å². The Bertz CT molecular complexity index is 275. The van der Waals surface area contributed by atoms with Gasteiger partial charge in [0.15, 0.2) is 0 Å². The molecule has 0 nitrogen and oxygen atoms in total.